The first-order valence-corrected chi connectivity index (χ1v) is 13.1. The number of carbonyl (C=O) groups excluding carboxylic acids is 3. The molecule has 0 bridgehead atoms. The first-order valence-electron chi connectivity index (χ1n) is 13.1. The number of nitrogens with one attached hydrogen (secondary N) is 2. The number of amides is 3. The molecule has 10 N–H and O–H groups in total. The lowest BCUT2D eigenvalue weighted by Gasteiger charge is -2.23. The molecule has 0 aliphatic rings. The fourth-order valence-corrected chi connectivity index (χ4v) is 3.59. The van der Waals surface area contributed by atoms with Gasteiger partial charge in [0.2, 0.25) is 17.7 Å². The minimum Gasteiger partial charge on any atom is -0.508 e. The van der Waals surface area contributed by atoms with Crippen LogP contribution in [0.3, 0.4) is 0 Å². The minimum absolute atomic E-state index is 0.0687. The molecule has 1 heterocycles. The van der Waals surface area contributed by atoms with Gasteiger partial charge in [-0.05, 0) is 56.0 Å². The topological polar surface area (TPSA) is 240 Å². The normalized spacial score (nSPS) is 11.7. The van der Waals surface area contributed by atoms with Gasteiger partial charge in [0, 0.05) is 33.0 Å². The van der Waals surface area contributed by atoms with Gasteiger partial charge in [0.05, 0.1) is 18.8 Å². The van der Waals surface area contributed by atoms with Crippen LogP contribution < -0.4 is 27.8 Å². The first-order chi connectivity index (χ1) is 19.4. The van der Waals surface area contributed by atoms with Gasteiger partial charge in [-0.3, -0.25) is 24.2 Å². The molecule has 14 heteroatoms. The Morgan fingerprint density at radius 3 is 2.32 bits per heavy atom. The molecule has 1 aromatic carbocycles. The van der Waals surface area contributed by atoms with E-state index >= 15 is 0 Å². The molecule has 0 saturated heterocycles. The Hall–Kier alpha value is -4.59. The number of aliphatic carboxylic acids is 1. The Morgan fingerprint density at radius 1 is 1.10 bits per heavy atom. The van der Waals surface area contributed by atoms with Crippen LogP contribution in [0.15, 0.2) is 52.1 Å². The quantitative estimate of drug-likeness (QED) is 0.0830. The Labute approximate surface area is 239 Å². The molecule has 0 fully saturated rings. The van der Waals surface area contributed by atoms with Gasteiger partial charge >= 0.3 is 0 Å². The minimum atomic E-state index is -0.932. The summed E-state index contributed by atoms with van der Waals surface area (Å²) < 4.78 is 5.30. The molecule has 3 amide bonds. The molecule has 226 valence electrons. The Morgan fingerprint density at radius 2 is 1.76 bits per heavy atom. The number of carboxylic acids is 1. The molecule has 1 aromatic heterocycles. The third-order valence-electron chi connectivity index (χ3n) is 5.66. The van der Waals surface area contributed by atoms with Crippen LogP contribution in [0.5, 0.6) is 5.75 Å². The summed E-state index contributed by atoms with van der Waals surface area (Å²) in [5, 5.41) is 22.1. The lowest BCUT2D eigenvalue weighted by molar-refractivity contribution is -0.134. The van der Waals surface area contributed by atoms with Gasteiger partial charge in [-0.25, -0.2) is 0 Å². The van der Waals surface area contributed by atoms with Crippen molar-refractivity contribution in [3.63, 3.8) is 0 Å². The number of phenols is 1. The van der Waals surface area contributed by atoms with Gasteiger partial charge in [0.1, 0.15) is 17.6 Å². The van der Waals surface area contributed by atoms with E-state index in [2.05, 4.69) is 15.6 Å². The number of hydrogen-bond acceptors (Lipinski definition) is 8. The van der Waals surface area contributed by atoms with Crippen molar-refractivity contribution in [1.82, 2.24) is 15.5 Å². The summed E-state index contributed by atoms with van der Waals surface area (Å²) in [7, 11) is 0. The van der Waals surface area contributed by atoms with Crippen molar-refractivity contribution in [3.8, 4) is 5.75 Å². The van der Waals surface area contributed by atoms with Crippen LogP contribution >= 0.6 is 0 Å². The van der Waals surface area contributed by atoms with Crippen molar-refractivity contribution in [2.75, 3.05) is 26.2 Å². The zero-order valence-corrected chi connectivity index (χ0v) is 23.4. The highest BCUT2D eigenvalue weighted by Gasteiger charge is 2.24. The number of hydrogen-bond donors (Lipinski definition) is 7. The number of nitrogens with zero attached hydrogens (tertiary/aromatic N) is 2. The number of rotatable bonds is 15. The first kappa shape index (κ1) is 34.4. The number of aliphatic imine (C=N–C) groups is 1. The second kappa shape index (κ2) is 18.7. The standard InChI is InChI=1S/C25H37N7O5.C2H4O2/c1-2-32(13-11-19-5-4-14-37-19)22(34)16-30-24(36)21(6-3-12-29-25(27)28)31-23(35)20(26)15-17-7-9-18(33)10-8-17;1-2(3)4/h4-5,7-10,14,20-21,33H,2-3,6,11-13,15-16,26H2,1H3,(H,30,36)(H,31,35)(H4,27,28,29);1H3,(H,3,4)/t20-,21+;/m0./s1. The van der Waals surface area contributed by atoms with Crippen LogP contribution in [0.4, 0.5) is 0 Å². The van der Waals surface area contributed by atoms with E-state index in [9.17, 15) is 19.5 Å². The predicted molar refractivity (Wildman–Crippen MR) is 153 cm³/mol. The molecule has 2 rings (SSSR count). The van der Waals surface area contributed by atoms with Crippen LogP contribution in [0, 0.1) is 0 Å². The molecule has 0 aliphatic carbocycles. The Bertz CT molecular complexity index is 1110. The summed E-state index contributed by atoms with van der Waals surface area (Å²) in [6, 6.07) is 8.11. The number of likely N-dealkylation sites (N-methyl/N-ethyl adjacent to an activating group) is 1. The lowest BCUT2D eigenvalue weighted by atomic mass is 10.0. The maximum Gasteiger partial charge on any atom is 0.300 e. The monoisotopic (exact) mass is 575 g/mol. The molecular weight excluding hydrogens is 534 g/mol. The average Bonchev–Trinajstić information content (AvgIpc) is 3.43. The van der Waals surface area contributed by atoms with Gasteiger partial charge < -0.3 is 47.4 Å². The largest absolute Gasteiger partial charge is 0.508 e. The van der Waals surface area contributed by atoms with Gasteiger partial charge in [-0.2, -0.15) is 0 Å². The van der Waals surface area contributed by atoms with E-state index in [-0.39, 0.29) is 43.5 Å². The summed E-state index contributed by atoms with van der Waals surface area (Å²) >= 11 is 0. The van der Waals surface area contributed by atoms with Crippen LogP contribution in [0.1, 0.15) is 38.0 Å². The molecule has 0 unspecified atom stereocenters. The van der Waals surface area contributed by atoms with Crippen molar-refractivity contribution in [2.24, 2.45) is 22.2 Å². The summed E-state index contributed by atoms with van der Waals surface area (Å²) in [5.74, 6) is -1.31. The number of nitrogens with two attached hydrogens (primary N) is 3. The summed E-state index contributed by atoms with van der Waals surface area (Å²) in [6.45, 7) is 3.91. The summed E-state index contributed by atoms with van der Waals surface area (Å²) in [4.78, 5) is 52.8. The molecule has 0 saturated carbocycles. The van der Waals surface area contributed by atoms with Gasteiger partial charge in [-0.1, -0.05) is 12.1 Å². The number of phenolic OH excluding ortho intramolecular Hbond substituents is 1. The highest BCUT2D eigenvalue weighted by molar-refractivity contribution is 5.91. The lowest BCUT2D eigenvalue weighted by Crippen LogP contribution is -2.53. The second-order valence-corrected chi connectivity index (χ2v) is 9.03. The summed E-state index contributed by atoms with van der Waals surface area (Å²) in [6.07, 6.45) is 3.01. The molecule has 0 radical (unpaired) electrons. The third kappa shape index (κ3) is 15.0. The number of aromatic hydroxyl groups is 1. The van der Waals surface area contributed by atoms with E-state index in [1.54, 1.807) is 29.4 Å². The number of guanidine groups is 1. The fraction of sp³-hybridized carbons (Fsp3) is 0.444. The number of furan rings is 1. The predicted octanol–water partition coefficient (Wildman–Crippen LogP) is -0.308. The van der Waals surface area contributed by atoms with Crippen molar-refractivity contribution in [2.45, 2.75) is 51.6 Å². The molecule has 2 aromatic rings. The van der Waals surface area contributed by atoms with Crippen LogP contribution in [0.25, 0.3) is 0 Å². The second-order valence-electron chi connectivity index (χ2n) is 9.03. The molecular formula is C27H41N7O7. The zero-order chi connectivity index (χ0) is 30.8. The van der Waals surface area contributed by atoms with Crippen molar-refractivity contribution in [1.29, 1.82) is 0 Å². The van der Waals surface area contributed by atoms with Crippen molar-refractivity contribution < 1.29 is 33.8 Å². The van der Waals surface area contributed by atoms with E-state index in [0.29, 0.717) is 25.9 Å². The maximum atomic E-state index is 12.9. The molecule has 41 heavy (non-hydrogen) atoms. The average molecular weight is 576 g/mol. The highest BCUT2D eigenvalue weighted by Crippen LogP contribution is 2.11. The molecule has 14 nitrogen and oxygen atoms in total. The van der Waals surface area contributed by atoms with E-state index in [1.807, 2.05) is 13.0 Å². The van der Waals surface area contributed by atoms with E-state index < -0.39 is 29.9 Å². The fourth-order valence-electron chi connectivity index (χ4n) is 3.59. The number of benzene rings is 1. The van der Waals surface area contributed by atoms with Crippen LogP contribution in [-0.2, 0) is 32.0 Å². The van der Waals surface area contributed by atoms with Crippen molar-refractivity contribution in [3.05, 3.63) is 54.0 Å². The van der Waals surface area contributed by atoms with Crippen molar-refractivity contribution >= 4 is 29.7 Å². The van der Waals surface area contributed by atoms with Gasteiger partial charge in [0.25, 0.3) is 5.97 Å². The number of carboxylic acid groups (broad SMARTS) is 1. The van der Waals surface area contributed by atoms with Gasteiger partial charge in [0.15, 0.2) is 5.96 Å². The smallest absolute Gasteiger partial charge is 0.300 e. The van der Waals surface area contributed by atoms with Gasteiger partial charge in [-0.15, -0.1) is 0 Å². The SMILES string of the molecule is CC(=O)O.CCN(CCc1ccco1)C(=O)CNC(=O)[C@@H](CCCN=C(N)N)NC(=O)[C@@H](N)Cc1ccc(O)cc1. The third-order valence-corrected chi connectivity index (χ3v) is 5.66. The maximum absolute atomic E-state index is 12.9. The van der Waals surface area contributed by atoms with Crippen LogP contribution in [-0.4, -0.2) is 83.0 Å². The molecule has 0 aliphatic heterocycles. The summed E-state index contributed by atoms with van der Waals surface area (Å²) in [5.41, 5.74) is 17.5. The number of carbonyl (C=O) groups is 4. The van der Waals surface area contributed by atoms with Crippen LogP contribution in [0.2, 0.25) is 0 Å². The molecule has 0 spiro atoms. The Balaban J connectivity index is 0.00000196. The van der Waals surface area contributed by atoms with E-state index in [4.69, 9.17) is 31.5 Å². The van der Waals surface area contributed by atoms with E-state index in [1.165, 1.54) is 12.1 Å². The Kier molecular flexibility index (Phi) is 15.7. The molecule has 2 atom stereocenters. The van der Waals surface area contributed by atoms with E-state index in [0.717, 1.165) is 18.2 Å². The highest BCUT2D eigenvalue weighted by atomic mass is 16.4. The zero-order valence-electron chi connectivity index (χ0n) is 23.4.